The minimum Gasteiger partial charge on any atom is -0.478 e. The van der Waals surface area contributed by atoms with Crippen molar-refractivity contribution in [1.82, 2.24) is 0 Å². The molecule has 2 aromatic carbocycles. The standard InChI is InChI=1S/C15H15O2/c1-2-3-6-12-10-9-11-7-4-5-8-13(11)14(12)15(16)17/h4-5,7-10H,1-3,6H2,(H,16,17). The smallest absolute Gasteiger partial charge is 0.336 e. The van der Waals surface area contributed by atoms with Crippen LogP contribution in [0.15, 0.2) is 36.4 Å². The summed E-state index contributed by atoms with van der Waals surface area (Å²) < 4.78 is 0. The highest BCUT2D eigenvalue weighted by atomic mass is 16.4. The lowest BCUT2D eigenvalue weighted by atomic mass is 9.96. The highest BCUT2D eigenvalue weighted by Crippen LogP contribution is 2.23. The van der Waals surface area contributed by atoms with Crippen LogP contribution >= 0.6 is 0 Å². The van der Waals surface area contributed by atoms with E-state index in [9.17, 15) is 9.90 Å². The van der Waals surface area contributed by atoms with Crippen LogP contribution in [0.2, 0.25) is 0 Å². The number of fused-ring (bicyclic) bond motifs is 1. The molecule has 0 fully saturated rings. The van der Waals surface area contributed by atoms with Crippen LogP contribution in [0.25, 0.3) is 10.8 Å². The van der Waals surface area contributed by atoms with Gasteiger partial charge in [-0.05, 0) is 29.2 Å². The first-order chi connectivity index (χ1) is 8.24. The van der Waals surface area contributed by atoms with Crippen molar-refractivity contribution in [3.05, 3.63) is 54.4 Å². The van der Waals surface area contributed by atoms with E-state index in [1.54, 1.807) is 0 Å². The van der Waals surface area contributed by atoms with Gasteiger partial charge in [-0.1, -0.05) is 49.7 Å². The summed E-state index contributed by atoms with van der Waals surface area (Å²) in [6.07, 6.45) is 2.51. The fraction of sp³-hybridized carbons (Fsp3) is 0.200. The molecule has 0 amide bonds. The van der Waals surface area contributed by atoms with E-state index in [0.29, 0.717) is 5.56 Å². The van der Waals surface area contributed by atoms with Crippen molar-refractivity contribution in [2.24, 2.45) is 0 Å². The quantitative estimate of drug-likeness (QED) is 0.864. The number of rotatable bonds is 4. The predicted molar refractivity (Wildman–Crippen MR) is 69.2 cm³/mol. The Morgan fingerprint density at radius 2 is 1.94 bits per heavy atom. The number of carbonyl (C=O) groups is 1. The number of aryl methyl sites for hydroxylation is 1. The van der Waals surface area contributed by atoms with Gasteiger partial charge in [-0.15, -0.1) is 0 Å². The Bertz CT molecular complexity index is 544. The summed E-state index contributed by atoms with van der Waals surface area (Å²) in [7, 11) is 0. The van der Waals surface area contributed by atoms with Gasteiger partial charge in [0.25, 0.3) is 0 Å². The number of carboxylic acids is 1. The molecule has 0 aliphatic carbocycles. The number of benzene rings is 2. The Hall–Kier alpha value is -1.83. The van der Waals surface area contributed by atoms with Crippen LogP contribution in [0.5, 0.6) is 0 Å². The molecule has 0 bridgehead atoms. The van der Waals surface area contributed by atoms with Crippen LogP contribution in [-0.4, -0.2) is 11.1 Å². The SMILES string of the molecule is [CH2]CCCc1ccc2ccccc2c1C(=O)O. The molecule has 0 unspecified atom stereocenters. The van der Waals surface area contributed by atoms with E-state index in [0.717, 1.165) is 35.6 Å². The molecule has 0 saturated carbocycles. The molecule has 0 heterocycles. The van der Waals surface area contributed by atoms with Gasteiger partial charge in [0.1, 0.15) is 0 Å². The molecule has 2 rings (SSSR count). The molecule has 1 radical (unpaired) electrons. The van der Waals surface area contributed by atoms with Gasteiger partial charge < -0.3 is 5.11 Å². The molecule has 2 nitrogen and oxygen atoms in total. The molecule has 1 N–H and O–H groups in total. The zero-order valence-electron chi connectivity index (χ0n) is 9.65. The van der Waals surface area contributed by atoms with Crippen LogP contribution in [0.4, 0.5) is 0 Å². The topological polar surface area (TPSA) is 37.3 Å². The molecule has 0 aliphatic rings. The third kappa shape index (κ3) is 2.31. The average Bonchev–Trinajstić information content (AvgIpc) is 2.35. The number of aromatic carboxylic acids is 1. The van der Waals surface area contributed by atoms with E-state index in [1.165, 1.54) is 0 Å². The Morgan fingerprint density at radius 3 is 2.65 bits per heavy atom. The Labute approximate surface area is 101 Å². The van der Waals surface area contributed by atoms with Gasteiger partial charge in [-0.25, -0.2) is 4.79 Å². The summed E-state index contributed by atoms with van der Waals surface area (Å²) in [5.74, 6) is -0.846. The van der Waals surface area contributed by atoms with E-state index in [-0.39, 0.29) is 0 Å². The fourth-order valence-corrected chi connectivity index (χ4v) is 2.09. The van der Waals surface area contributed by atoms with Crippen molar-refractivity contribution in [2.45, 2.75) is 19.3 Å². The highest BCUT2D eigenvalue weighted by Gasteiger charge is 2.13. The van der Waals surface area contributed by atoms with E-state index in [1.807, 2.05) is 36.4 Å². The van der Waals surface area contributed by atoms with Gasteiger partial charge in [0, 0.05) is 0 Å². The van der Waals surface area contributed by atoms with E-state index in [2.05, 4.69) is 6.92 Å². The van der Waals surface area contributed by atoms with Crippen molar-refractivity contribution in [3.8, 4) is 0 Å². The Balaban J connectivity index is 2.60. The third-order valence-corrected chi connectivity index (χ3v) is 2.93. The minimum absolute atomic E-state index is 0.441. The number of hydrogen-bond donors (Lipinski definition) is 1. The first-order valence-corrected chi connectivity index (χ1v) is 5.77. The lowest BCUT2D eigenvalue weighted by Gasteiger charge is -2.09. The van der Waals surface area contributed by atoms with Gasteiger partial charge in [0.05, 0.1) is 5.56 Å². The van der Waals surface area contributed by atoms with Gasteiger partial charge in [0.15, 0.2) is 0 Å². The molecule has 17 heavy (non-hydrogen) atoms. The molecule has 87 valence electrons. The largest absolute Gasteiger partial charge is 0.478 e. The van der Waals surface area contributed by atoms with E-state index >= 15 is 0 Å². The predicted octanol–water partition coefficient (Wildman–Crippen LogP) is 3.69. The molecule has 0 aliphatic heterocycles. The van der Waals surface area contributed by atoms with Crippen molar-refractivity contribution in [1.29, 1.82) is 0 Å². The van der Waals surface area contributed by atoms with Crippen molar-refractivity contribution in [2.75, 3.05) is 0 Å². The van der Waals surface area contributed by atoms with E-state index in [4.69, 9.17) is 0 Å². The summed E-state index contributed by atoms with van der Waals surface area (Å²) in [6.45, 7) is 3.79. The maximum atomic E-state index is 11.4. The summed E-state index contributed by atoms with van der Waals surface area (Å²) in [5, 5.41) is 11.1. The highest BCUT2D eigenvalue weighted by molar-refractivity contribution is 6.05. The molecule has 0 saturated heterocycles. The van der Waals surface area contributed by atoms with Crippen LogP contribution in [-0.2, 0) is 6.42 Å². The minimum atomic E-state index is -0.846. The lowest BCUT2D eigenvalue weighted by Crippen LogP contribution is -2.03. The van der Waals surface area contributed by atoms with Crippen molar-refractivity contribution < 1.29 is 9.90 Å². The molecular formula is C15H15O2. The molecule has 0 atom stereocenters. The molecule has 0 aromatic heterocycles. The summed E-state index contributed by atoms with van der Waals surface area (Å²) in [4.78, 5) is 11.4. The van der Waals surface area contributed by atoms with Crippen LogP contribution < -0.4 is 0 Å². The van der Waals surface area contributed by atoms with Gasteiger partial charge in [0.2, 0.25) is 0 Å². The van der Waals surface area contributed by atoms with Gasteiger partial charge in [-0.2, -0.15) is 0 Å². The molecule has 2 heteroatoms. The number of hydrogen-bond acceptors (Lipinski definition) is 1. The summed E-state index contributed by atoms with van der Waals surface area (Å²) in [6, 6.07) is 11.5. The molecular weight excluding hydrogens is 212 g/mol. The van der Waals surface area contributed by atoms with Crippen LogP contribution in [0.3, 0.4) is 0 Å². The van der Waals surface area contributed by atoms with Crippen molar-refractivity contribution in [3.63, 3.8) is 0 Å². The second kappa shape index (κ2) is 5.00. The fourth-order valence-electron chi connectivity index (χ4n) is 2.09. The monoisotopic (exact) mass is 227 g/mol. The maximum absolute atomic E-state index is 11.4. The second-order valence-corrected chi connectivity index (χ2v) is 4.08. The average molecular weight is 227 g/mol. The lowest BCUT2D eigenvalue weighted by molar-refractivity contribution is 0.0698. The Morgan fingerprint density at radius 1 is 1.18 bits per heavy atom. The summed E-state index contributed by atoms with van der Waals surface area (Å²) >= 11 is 0. The van der Waals surface area contributed by atoms with Gasteiger partial charge >= 0.3 is 5.97 Å². The van der Waals surface area contributed by atoms with Crippen LogP contribution in [0.1, 0.15) is 28.8 Å². The van der Waals surface area contributed by atoms with Crippen LogP contribution in [0, 0.1) is 6.92 Å². The molecule has 0 spiro atoms. The summed E-state index contributed by atoms with van der Waals surface area (Å²) in [5.41, 5.74) is 1.34. The normalized spacial score (nSPS) is 10.6. The first kappa shape index (κ1) is 11.6. The second-order valence-electron chi connectivity index (χ2n) is 4.08. The third-order valence-electron chi connectivity index (χ3n) is 2.93. The van der Waals surface area contributed by atoms with Crippen molar-refractivity contribution >= 4 is 16.7 Å². The Kier molecular flexibility index (Phi) is 3.43. The molecule has 2 aromatic rings. The maximum Gasteiger partial charge on any atom is 0.336 e. The zero-order chi connectivity index (χ0) is 12.3. The first-order valence-electron chi connectivity index (χ1n) is 5.77. The number of carboxylic acid groups (broad SMARTS) is 1. The zero-order valence-corrected chi connectivity index (χ0v) is 9.65. The van der Waals surface area contributed by atoms with E-state index < -0.39 is 5.97 Å². The number of unbranched alkanes of at least 4 members (excludes halogenated alkanes) is 1. The van der Waals surface area contributed by atoms with Gasteiger partial charge in [-0.3, -0.25) is 0 Å².